The summed E-state index contributed by atoms with van der Waals surface area (Å²) in [7, 11) is 0. The number of halogens is 1. The Morgan fingerprint density at radius 1 is 1.38 bits per heavy atom. The number of rotatable bonds is 1. The highest BCUT2D eigenvalue weighted by molar-refractivity contribution is 6.28. The molecule has 13 heavy (non-hydrogen) atoms. The second-order valence-corrected chi connectivity index (χ2v) is 4.00. The van der Waals surface area contributed by atoms with Crippen molar-refractivity contribution in [2.45, 2.75) is 26.3 Å². The third-order valence-corrected chi connectivity index (χ3v) is 1.29. The topological polar surface area (TPSA) is 70.7 Å². The van der Waals surface area contributed by atoms with Gasteiger partial charge in [0.05, 0.1) is 0 Å². The maximum absolute atomic E-state index is 10.9. The summed E-state index contributed by atoms with van der Waals surface area (Å²) in [4.78, 5) is 20.5. The molecule has 0 aliphatic heterocycles. The Morgan fingerprint density at radius 3 is 2.46 bits per heavy atom. The van der Waals surface area contributed by atoms with Crippen molar-refractivity contribution in [2.75, 3.05) is 5.32 Å². The lowest BCUT2D eigenvalue weighted by Crippen LogP contribution is -2.29. The van der Waals surface area contributed by atoms with Crippen molar-refractivity contribution in [3.63, 3.8) is 0 Å². The Kier molecular flexibility index (Phi) is 2.56. The third-order valence-electron chi connectivity index (χ3n) is 1.11. The number of aromatic amines is 1. The van der Waals surface area contributed by atoms with E-state index in [9.17, 15) is 4.79 Å². The lowest BCUT2D eigenvalue weighted by molar-refractivity contribution is 0.624. The van der Waals surface area contributed by atoms with Gasteiger partial charge in [0.1, 0.15) is 0 Å². The number of hydrogen-bond acceptors (Lipinski definition) is 4. The summed E-state index contributed by atoms with van der Waals surface area (Å²) in [6.45, 7) is 5.81. The first-order valence-corrected chi connectivity index (χ1v) is 4.17. The average molecular weight is 203 g/mol. The Labute approximate surface area is 80.6 Å². The van der Waals surface area contributed by atoms with Gasteiger partial charge in [-0.25, -0.2) is 4.79 Å². The molecular formula is C7H11ClN4O. The zero-order chi connectivity index (χ0) is 10.1. The molecule has 0 amide bonds. The molecule has 0 aromatic carbocycles. The molecule has 1 rings (SSSR count). The van der Waals surface area contributed by atoms with E-state index in [1.165, 1.54) is 0 Å². The van der Waals surface area contributed by atoms with Crippen LogP contribution in [0.5, 0.6) is 0 Å². The molecule has 0 saturated heterocycles. The highest BCUT2D eigenvalue weighted by Crippen LogP contribution is 2.08. The van der Waals surface area contributed by atoms with Crippen molar-refractivity contribution < 1.29 is 0 Å². The molecule has 1 aromatic rings. The van der Waals surface area contributed by atoms with Gasteiger partial charge in [-0.2, -0.15) is 9.97 Å². The number of nitrogens with one attached hydrogen (secondary N) is 2. The van der Waals surface area contributed by atoms with Crippen LogP contribution in [0.2, 0.25) is 5.28 Å². The Hall–Kier alpha value is -1.10. The van der Waals surface area contributed by atoms with E-state index in [0.29, 0.717) is 0 Å². The van der Waals surface area contributed by atoms with Gasteiger partial charge < -0.3 is 5.32 Å². The molecule has 0 bridgehead atoms. The van der Waals surface area contributed by atoms with E-state index in [4.69, 9.17) is 11.6 Å². The minimum atomic E-state index is -0.508. The minimum absolute atomic E-state index is 0.0340. The first-order chi connectivity index (χ1) is 5.87. The van der Waals surface area contributed by atoms with Crippen molar-refractivity contribution in [1.29, 1.82) is 0 Å². The van der Waals surface area contributed by atoms with Crippen molar-refractivity contribution >= 4 is 17.5 Å². The maximum atomic E-state index is 10.9. The van der Waals surface area contributed by atoms with Crippen LogP contribution < -0.4 is 11.0 Å². The molecule has 1 aromatic heterocycles. The summed E-state index contributed by atoms with van der Waals surface area (Å²) in [5, 5.41) is 2.97. The van der Waals surface area contributed by atoms with E-state index < -0.39 is 5.69 Å². The van der Waals surface area contributed by atoms with Crippen LogP contribution in [0.4, 0.5) is 5.95 Å². The van der Waals surface area contributed by atoms with Crippen LogP contribution in [0.15, 0.2) is 4.79 Å². The van der Waals surface area contributed by atoms with E-state index in [1.807, 2.05) is 20.8 Å². The van der Waals surface area contributed by atoms with Crippen LogP contribution >= 0.6 is 11.6 Å². The van der Waals surface area contributed by atoms with Crippen LogP contribution in [-0.2, 0) is 0 Å². The second kappa shape index (κ2) is 3.33. The van der Waals surface area contributed by atoms with Gasteiger partial charge in [0.15, 0.2) is 0 Å². The monoisotopic (exact) mass is 202 g/mol. The molecule has 5 nitrogen and oxygen atoms in total. The van der Waals surface area contributed by atoms with Gasteiger partial charge in [-0.3, -0.25) is 4.98 Å². The molecule has 6 heteroatoms. The Morgan fingerprint density at radius 2 is 2.00 bits per heavy atom. The number of H-pyrrole nitrogens is 1. The maximum Gasteiger partial charge on any atom is 0.350 e. The smallest absolute Gasteiger partial charge is 0.349 e. The van der Waals surface area contributed by atoms with E-state index in [1.54, 1.807) is 0 Å². The van der Waals surface area contributed by atoms with Gasteiger partial charge in [-0.1, -0.05) is 0 Å². The number of aromatic nitrogens is 3. The Balaban J connectivity index is 2.96. The molecule has 0 aliphatic rings. The molecule has 0 atom stereocenters. The van der Waals surface area contributed by atoms with E-state index >= 15 is 0 Å². The zero-order valence-corrected chi connectivity index (χ0v) is 8.44. The van der Waals surface area contributed by atoms with Crippen molar-refractivity contribution in [1.82, 2.24) is 15.0 Å². The van der Waals surface area contributed by atoms with Crippen molar-refractivity contribution in [2.24, 2.45) is 0 Å². The molecule has 0 aliphatic carbocycles. The Bertz CT molecular complexity index is 354. The standard InChI is InChI=1S/C7H11ClN4O/c1-7(2,3)12-5-9-4(8)10-6(13)11-5/h1-3H3,(H2,9,10,11,12,13). The summed E-state index contributed by atoms with van der Waals surface area (Å²) in [6, 6.07) is 0. The van der Waals surface area contributed by atoms with Crippen LogP contribution in [0.3, 0.4) is 0 Å². The molecule has 72 valence electrons. The molecule has 0 saturated carbocycles. The number of nitrogens with zero attached hydrogens (tertiary/aromatic N) is 2. The SMILES string of the molecule is CC(C)(C)Nc1nc(Cl)[nH]c(=O)n1. The highest BCUT2D eigenvalue weighted by atomic mass is 35.5. The molecule has 1 heterocycles. The lowest BCUT2D eigenvalue weighted by atomic mass is 10.1. The van der Waals surface area contributed by atoms with Crippen molar-refractivity contribution in [3.8, 4) is 0 Å². The van der Waals surface area contributed by atoms with E-state index in [2.05, 4.69) is 20.3 Å². The fourth-order valence-corrected chi connectivity index (χ4v) is 0.911. The molecule has 0 fully saturated rings. The summed E-state index contributed by atoms with van der Waals surface area (Å²) in [5.74, 6) is 0.237. The van der Waals surface area contributed by atoms with Gasteiger partial charge in [-0.15, -0.1) is 0 Å². The van der Waals surface area contributed by atoms with Gasteiger partial charge in [0.25, 0.3) is 0 Å². The van der Waals surface area contributed by atoms with Crippen LogP contribution in [0.1, 0.15) is 20.8 Å². The van der Waals surface area contributed by atoms with Gasteiger partial charge in [-0.05, 0) is 32.4 Å². The second-order valence-electron chi connectivity index (χ2n) is 3.64. The van der Waals surface area contributed by atoms with Crippen LogP contribution in [-0.4, -0.2) is 20.5 Å². The first kappa shape index (κ1) is 9.98. The summed E-state index contributed by atoms with van der Waals surface area (Å²) < 4.78 is 0. The lowest BCUT2D eigenvalue weighted by Gasteiger charge is -2.19. The number of anilines is 1. The van der Waals surface area contributed by atoms with E-state index in [-0.39, 0.29) is 16.8 Å². The van der Waals surface area contributed by atoms with Gasteiger partial charge in [0.2, 0.25) is 11.2 Å². The van der Waals surface area contributed by atoms with Crippen molar-refractivity contribution in [3.05, 3.63) is 15.8 Å². The largest absolute Gasteiger partial charge is 0.350 e. The molecular weight excluding hydrogens is 192 g/mol. The van der Waals surface area contributed by atoms with Gasteiger partial charge in [0, 0.05) is 5.54 Å². The molecule has 0 spiro atoms. The number of hydrogen-bond donors (Lipinski definition) is 2. The predicted molar refractivity (Wildman–Crippen MR) is 51.0 cm³/mol. The first-order valence-electron chi connectivity index (χ1n) is 3.79. The van der Waals surface area contributed by atoms with Crippen LogP contribution in [0.25, 0.3) is 0 Å². The van der Waals surface area contributed by atoms with E-state index in [0.717, 1.165) is 0 Å². The van der Waals surface area contributed by atoms with Crippen LogP contribution in [0, 0.1) is 0 Å². The molecule has 0 radical (unpaired) electrons. The molecule has 0 unspecified atom stereocenters. The summed E-state index contributed by atoms with van der Waals surface area (Å²) >= 11 is 5.53. The predicted octanol–water partition coefficient (Wildman–Crippen LogP) is 1.03. The fourth-order valence-electron chi connectivity index (χ4n) is 0.750. The zero-order valence-electron chi connectivity index (χ0n) is 7.68. The normalized spacial score (nSPS) is 11.4. The minimum Gasteiger partial charge on any atom is -0.349 e. The fraction of sp³-hybridized carbons (Fsp3) is 0.571. The van der Waals surface area contributed by atoms with Gasteiger partial charge >= 0.3 is 5.69 Å². The third kappa shape index (κ3) is 3.42. The molecule has 2 N–H and O–H groups in total. The summed E-state index contributed by atoms with van der Waals surface area (Å²) in [5.41, 5.74) is -0.705. The average Bonchev–Trinajstić information content (AvgIpc) is 1.78. The highest BCUT2D eigenvalue weighted by Gasteiger charge is 2.11. The summed E-state index contributed by atoms with van der Waals surface area (Å²) in [6.07, 6.45) is 0. The quantitative estimate of drug-likeness (QED) is 0.714.